The van der Waals surface area contributed by atoms with E-state index < -0.39 is 17.4 Å². The van der Waals surface area contributed by atoms with Gasteiger partial charge < -0.3 is 4.90 Å². The Balaban J connectivity index is 3.36. The summed E-state index contributed by atoms with van der Waals surface area (Å²) >= 11 is 12.0. The lowest BCUT2D eigenvalue weighted by atomic mass is 9.92. The molecule has 0 N–H and O–H groups in total. The van der Waals surface area contributed by atoms with Gasteiger partial charge in [-0.3, -0.25) is 10.1 Å². The van der Waals surface area contributed by atoms with E-state index in [0.717, 1.165) is 0 Å². The molecule has 7 heteroatoms. The number of nitriles is 1. The predicted octanol–water partition coefficient (Wildman–Crippen LogP) is 3.32. The molecule has 0 saturated heterocycles. The number of hydrogen-bond donors (Lipinski definition) is 0. The molecule has 0 bridgehead atoms. The summed E-state index contributed by atoms with van der Waals surface area (Å²) in [6.07, 6.45) is 1.55. The topological polar surface area (TPSA) is 70.2 Å². The fourth-order valence-electron chi connectivity index (χ4n) is 1.78. The molecule has 1 unspecified atom stereocenters. The third kappa shape index (κ3) is 4.12. The number of nitrogens with zero attached hydrogens (tertiary/aromatic N) is 3. The molecule has 0 heterocycles. The maximum atomic E-state index is 10.9. The average Bonchev–Trinajstić information content (AvgIpc) is 2.36. The molecule has 0 fully saturated rings. The molecule has 0 aliphatic carbocycles. The highest BCUT2D eigenvalue weighted by atomic mass is 35.5. The monoisotopic (exact) mass is 313 g/mol. The minimum atomic E-state index is -0.733. The Morgan fingerprint density at radius 3 is 2.70 bits per heavy atom. The van der Waals surface area contributed by atoms with Crippen molar-refractivity contribution in [3.05, 3.63) is 55.7 Å². The highest BCUT2D eigenvalue weighted by Gasteiger charge is 2.26. The van der Waals surface area contributed by atoms with Crippen LogP contribution < -0.4 is 0 Å². The maximum Gasteiger partial charge on any atom is 0.215 e. The minimum absolute atomic E-state index is 0.237. The zero-order chi connectivity index (χ0) is 15.3. The fourth-order valence-corrected chi connectivity index (χ4v) is 2.22. The Morgan fingerprint density at radius 2 is 2.20 bits per heavy atom. The third-order valence-electron chi connectivity index (χ3n) is 2.59. The molecule has 106 valence electrons. The van der Waals surface area contributed by atoms with E-state index in [0.29, 0.717) is 10.6 Å². The van der Waals surface area contributed by atoms with E-state index in [-0.39, 0.29) is 10.6 Å². The lowest BCUT2D eigenvalue weighted by molar-refractivity contribution is -0.481. The van der Waals surface area contributed by atoms with Gasteiger partial charge in [0.1, 0.15) is 0 Å². The molecule has 5 nitrogen and oxygen atoms in total. The van der Waals surface area contributed by atoms with Crippen LogP contribution in [0.1, 0.15) is 11.5 Å². The largest absolute Gasteiger partial charge is 0.383 e. The van der Waals surface area contributed by atoms with Gasteiger partial charge in [-0.05, 0) is 11.6 Å². The van der Waals surface area contributed by atoms with Crippen LogP contribution in [0, 0.1) is 21.4 Å². The Morgan fingerprint density at radius 1 is 1.55 bits per heavy atom. The standard InChI is InChI=1S/C13H13Cl2N3O2/c1-17(2)7-9(6-16)11(8-18(19)20)10-4-3-5-12(14)13(10)15/h3-5,7,11H,8H2,1-2H3. The maximum absolute atomic E-state index is 10.9. The van der Waals surface area contributed by atoms with Crippen LogP contribution in [0.5, 0.6) is 0 Å². The lowest BCUT2D eigenvalue weighted by Gasteiger charge is -2.16. The van der Waals surface area contributed by atoms with Crippen molar-refractivity contribution >= 4 is 23.2 Å². The summed E-state index contributed by atoms with van der Waals surface area (Å²) in [6.45, 7) is -0.423. The van der Waals surface area contributed by atoms with Crippen molar-refractivity contribution in [1.29, 1.82) is 5.26 Å². The van der Waals surface area contributed by atoms with Crippen molar-refractivity contribution in [2.75, 3.05) is 20.6 Å². The molecule has 0 aliphatic rings. The molecule has 0 aliphatic heterocycles. The molecular formula is C13H13Cl2N3O2. The van der Waals surface area contributed by atoms with Crippen molar-refractivity contribution in [2.45, 2.75) is 5.92 Å². The molecule has 0 spiro atoms. The lowest BCUT2D eigenvalue weighted by Crippen LogP contribution is -2.17. The molecule has 1 rings (SSSR count). The van der Waals surface area contributed by atoms with Crippen LogP contribution in [0.25, 0.3) is 0 Å². The van der Waals surface area contributed by atoms with Crippen LogP contribution >= 0.6 is 23.2 Å². The van der Waals surface area contributed by atoms with E-state index in [2.05, 4.69) is 0 Å². The second kappa shape index (κ2) is 7.13. The molecule has 20 heavy (non-hydrogen) atoms. The van der Waals surface area contributed by atoms with Gasteiger partial charge in [0.2, 0.25) is 6.54 Å². The summed E-state index contributed by atoms with van der Waals surface area (Å²) in [7, 11) is 3.47. The summed E-state index contributed by atoms with van der Waals surface area (Å²) in [5, 5.41) is 20.6. The summed E-state index contributed by atoms with van der Waals surface area (Å²) in [4.78, 5) is 12.1. The molecule has 1 aromatic carbocycles. The number of nitro groups is 1. The van der Waals surface area contributed by atoms with E-state index in [4.69, 9.17) is 23.2 Å². The summed E-state index contributed by atoms with van der Waals surface area (Å²) in [5.41, 5.74) is 0.737. The molecule has 0 radical (unpaired) electrons. The van der Waals surface area contributed by atoms with E-state index in [1.165, 1.54) is 0 Å². The minimum Gasteiger partial charge on any atom is -0.383 e. The van der Waals surface area contributed by atoms with Gasteiger partial charge in [0.15, 0.2) is 0 Å². The van der Waals surface area contributed by atoms with Gasteiger partial charge in [-0.15, -0.1) is 0 Å². The second-order valence-electron chi connectivity index (χ2n) is 4.37. The molecular weight excluding hydrogens is 301 g/mol. The van der Waals surface area contributed by atoms with Crippen molar-refractivity contribution in [3.63, 3.8) is 0 Å². The zero-order valence-electron chi connectivity index (χ0n) is 11.0. The first-order valence-corrected chi connectivity index (χ1v) is 6.46. The van der Waals surface area contributed by atoms with Crippen LogP contribution in [0.3, 0.4) is 0 Å². The molecule has 1 aromatic rings. The first-order valence-electron chi connectivity index (χ1n) is 5.70. The van der Waals surface area contributed by atoms with Crippen molar-refractivity contribution < 1.29 is 4.92 Å². The third-order valence-corrected chi connectivity index (χ3v) is 3.42. The first kappa shape index (κ1) is 16.3. The van der Waals surface area contributed by atoms with Crippen LogP contribution in [-0.2, 0) is 0 Å². The summed E-state index contributed by atoms with van der Waals surface area (Å²) < 4.78 is 0. The fraction of sp³-hybridized carbons (Fsp3) is 0.308. The number of hydrogen-bond acceptors (Lipinski definition) is 4. The highest BCUT2D eigenvalue weighted by molar-refractivity contribution is 6.42. The van der Waals surface area contributed by atoms with Crippen LogP contribution in [0.2, 0.25) is 10.0 Å². The summed E-state index contributed by atoms with van der Waals surface area (Å²) in [5.74, 6) is -0.733. The smallest absolute Gasteiger partial charge is 0.215 e. The van der Waals surface area contributed by atoms with Crippen molar-refractivity contribution in [3.8, 4) is 6.07 Å². The zero-order valence-corrected chi connectivity index (χ0v) is 12.5. The van der Waals surface area contributed by atoms with E-state index in [1.807, 2.05) is 6.07 Å². The Bertz CT molecular complexity index is 579. The molecule has 0 saturated carbocycles. The van der Waals surface area contributed by atoms with Crippen LogP contribution in [0.4, 0.5) is 0 Å². The summed E-state index contributed by atoms with van der Waals surface area (Å²) in [6, 6.07) is 6.89. The highest BCUT2D eigenvalue weighted by Crippen LogP contribution is 2.34. The van der Waals surface area contributed by atoms with Gasteiger partial charge in [-0.25, -0.2) is 0 Å². The van der Waals surface area contributed by atoms with Crippen molar-refractivity contribution in [2.24, 2.45) is 0 Å². The second-order valence-corrected chi connectivity index (χ2v) is 5.16. The quantitative estimate of drug-likeness (QED) is 0.475. The molecule has 0 amide bonds. The first-order chi connectivity index (χ1) is 9.36. The molecule has 1 atom stereocenters. The normalized spacial score (nSPS) is 12.7. The van der Waals surface area contributed by atoms with Gasteiger partial charge in [-0.2, -0.15) is 5.26 Å². The van der Waals surface area contributed by atoms with Gasteiger partial charge in [0.05, 0.1) is 27.6 Å². The Labute approximate surface area is 127 Å². The Hall–Kier alpha value is -1.77. The van der Waals surface area contributed by atoms with Gasteiger partial charge in [0.25, 0.3) is 0 Å². The van der Waals surface area contributed by atoms with Crippen LogP contribution in [0.15, 0.2) is 30.0 Å². The van der Waals surface area contributed by atoms with Gasteiger partial charge in [0, 0.05) is 25.2 Å². The number of rotatable bonds is 5. The van der Waals surface area contributed by atoms with E-state index in [1.54, 1.807) is 43.4 Å². The van der Waals surface area contributed by atoms with Gasteiger partial charge in [-0.1, -0.05) is 35.3 Å². The molecule has 0 aromatic heterocycles. The Kier molecular flexibility index (Phi) is 5.81. The van der Waals surface area contributed by atoms with Crippen LogP contribution in [-0.4, -0.2) is 30.5 Å². The average molecular weight is 314 g/mol. The van der Waals surface area contributed by atoms with Crippen molar-refractivity contribution in [1.82, 2.24) is 4.90 Å². The van der Waals surface area contributed by atoms with E-state index >= 15 is 0 Å². The predicted molar refractivity (Wildman–Crippen MR) is 78.4 cm³/mol. The van der Waals surface area contributed by atoms with E-state index in [9.17, 15) is 15.4 Å². The van der Waals surface area contributed by atoms with Gasteiger partial charge >= 0.3 is 0 Å². The number of halogens is 2. The SMILES string of the molecule is CN(C)C=C(C#N)C(C[N+](=O)[O-])c1cccc(Cl)c1Cl. The number of benzene rings is 1.